The smallest absolute Gasteiger partial charge is 0.255 e. The lowest BCUT2D eigenvalue weighted by Crippen LogP contribution is -2.45. The van der Waals surface area contributed by atoms with Gasteiger partial charge in [0, 0.05) is 18.6 Å². The molecule has 4 nitrogen and oxygen atoms in total. The van der Waals surface area contributed by atoms with Gasteiger partial charge >= 0.3 is 0 Å². The molecule has 0 bridgehead atoms. The van der Waals surface area contributed by atoms with Gasteiger partial charge in [0.2, 0.25) is 0 Å². The standard InChI is InChI=1S/C16H20ClN3O/c1-11-14(12(2)20(4)19-11)15(21)18-16(3,10-17)13-8-6-5-7-9-13/h5-9H,10H2,1-4H3,(H,18,21). The summed E-state index contributed by atoms with van der Waals surface area (Å²) in [4.78, 5) is 12.6. The molecular formula is C16H20ClN3O. The van der Waals surface area contributed by atoms with Crippen LogP contribution in [0.15, 0.2) is 30.3 Å². The fourth-order valence-corrected chi connectivity index (χ4v) is 2.63. The van der Waals surface area contributed by atoms with Crippen molar-refractivity contribution in [3.8, 4) is 0 Å². The zero-order chi connectivity index (χ0) is 15.6. The van der Waals surface area contributed by atoms with Crippen molar-refractivity contribution in [1.82, 2.24) is 15.1 Å². The number of carbonyl (C=O) groups is 1. The lowest BCUT2D eigenvalue weighted by atomic mass is 9.93. The topological polar surface area (TPSA) is 46.9 Å². The monoisotopic (exact) mass is 305 g/mol. The number of aryl methyl sites for hydroxylation is 2. The Morgan fingerprint density at radius 2 is 1.95 bits per heavy atom. The molecule has 0 saturated carbocycles. The van der Waals surface area contributed by atoms with Gasteiger partial charge in [0.15, 0.2) is 0 Å². The minimum atomic E-state index is -0.616. The maximum atomic E-state index is 12.6. The summed E-state index contributed by atoms with van der Waals surface area (Å²) in [5, 5.41) is 7.33. The van der Waals surface area contributed by atoms with E-state index in [0.717, 1.165) is 17.0 Å². The normalized spacial score (nSPS) is 13.8. The quantitative estimate of drug-likeness (QED) is 0.883. The van der Waals surface area contributed by atoms with Crippen molar-refractivity contribution in [2.75, 3.05) is 5.88 Å². The number of nitrogens with zero attached hydrogens (tertiary/aromatic N) is 2. The first-order chi connectivity index (χ1) is 9.89. The van der Waals surface area contributed by atoms with Gasteiger partial charge < -0.3 is 5.32 Å². The highest BCUT2D eigenvalue weighted by Crippen LogP contribution is 2.23. The first-order valence-electron chi connectivity index (χ1n) is 6.83. The SMILES string of the molecule is Cc1nn(C)c(C)c1C(=O)NC(C)(CCl)c1ccccc1. The number of hydrogen-bond acceptors (Lipinski definition) is 2. The Hall–Kier alpha value is -1.81. The van der Waals surface area contributed by atoms with E-state index in [1.807, 2.05) is 58.2 Å². The molecule has 1 N–H and O–H groups in total. The summed E-state index contributed by atoms with van der Waals surface area (Å²) in [7, 11) is 1.83. The minimum Gasteiger partial charge on any atom is -0.341 e. The molecule has 1 aromatic carbocycles. The fraction of sp³-hybridized carbons (Fsp3) is 0.375. The van der Waals surface area contributed by atoms with Crippen molar-refractivity contribution in [3.05, 3.63) is 52.8 Å². The summed E-state index contributed by atoms with van der Waals surface area (Å²) >= 11 is 6.12. The number of nitrogens with one attached hydrogen (secondary N) is 1. The average Bonchev–Trinajstić information content (AvgIpc) is 2.73. The van der Waals surface area contributed by atoms with E-state index in [-0.39, 0.29) is 5.91 Å². The van der Waals surface area contributed by atoms with E-state index in [1.54, 1.807) is 4.68 Å². The van der Waals surface area contributed by atoms with Gasteiger partial charge in [-0.1, -0.05) is 30.3 Å². The van der Waals surface area contributed by atoms with Crippen LogP contribution in [0.25, 0.3) is 0 Å². The Balaban J connectivity index is 2.33. The summed E-state index contributed by atoms with van der Waals surface area (Å²) in [5.74, 6) is 0.145. The van der Waals surface area contributed by atoms with Crippen molar-refractivity contribution in [3.63, 3.8) is 0 Å². The van der Waals surface area contributed by atoms with Crippen LogP contribution >= 0.6 is 11.6 Å². The molecular weight excluding hydrogens is 286 g/mol. The lowest BCUT2D eigenvalue weighted by Gasteiger charge is -2.29. The van der Waals surface area contributed by atoms with Crippen molar-refractivity contribution < 1.29 is 4.79 Å². The Bertz CT molecular complexity index is 651. The van der Waals surface area contributed by atoms with Gasteiger partial charge in [0.25, 0.3) is 5.91 Å². The first kappa shape index (κ1) is 15.6. The number of alkyl halides is 1. The highest BCUT2D eigenvalue weighted by Gasteiger charge is 2.30. The zero-order valence-electron chi connectivity index (χ0n) is 12.8. The molecule has 0 aliphatic rings. The number of carbonyl (C=O) groups excluding carboxylic acids is 1. The molecule has 0 radical (unpaired) electrons. The molecule has 0 spiro atoms. The maximum absolute atomic E-state index is 12.6. The van der Waals surface area contributed by atoms with Crippen LogP contribution in [0.2, 0.25) is 0 Å². The highest BCUT2D eigenvalue weighted by atomic mass is 35.5. The van der Waals surface area contributed by atoms with Crippen LogP contribution in [-0.2, 0) is 12.6 Å². The molecule has 2 aromatic rings. The summed E-state index contributed by atoms with van der Waals surface area (Å²) in [6.07, 6.45) is 0. The summed E-state index contributed by atoms with van der Waals surface area (Å²) in [6.45, 7) is 5.65. The van der Waals surface area contributed by atoms with Crippen LogP contribution in [0.4, 0.5) is 0 Å². The van der Waals surface area contributed by atoms with E-state index in [4.69, 9.17) is 11.6 Å². The third-order valence-corrected chi connectivity index (χ3v) is 4.34. The highest BCUT2D eigenvalue weighted by molar-refractivity contribution is 6.19. The number of benzene rings is 1. The van der Waals surface area contributed by atoms with Gasteiger partial charge in [-0.25, -0.2) is 0 Å². The Morgan fingerprint density at radius 3 is 2.43 bits per heavy atom. The largest absolute Gasteiger partial charge is 0.341 e. The van der Waals surface area contributed by atoms with Crippen molar-refractivity contribution in [2.45, 2.75) is 26.3 Å². The van der Waals surface area contributed by atoms with Gasteiger partial charge in [-0.2, -0.15) is 5.10 Å². The predicted octanol–water partition coefficient (Wildman–Crippen LogP) is 2.92. The van der Waals surface area contributed by atoms with Crippen LogP contribution in [-0.4, -0.2) is 21.6 Å². The molecule has 1 amide bonds. The van der Waals surface area contributed by atoms with E-state index in [9.17, 15) is 4.79 Å². The van der Waals surface area contributed by atoms with Crippen LogP contribution in [0.3, 0.4) is 0 Å². The van der Waals surface area contributed by atoms with Crippen LogP contribution < -0.4 is 5.32 Å². The van der Waals surface area contributed by atoms with E-state index in [0.29, 0.717) is 11.4 Å². The fourth-order valence-electron chi connectivity index (χ4n) is 2.40. The molecule has 0 aliphatic carbocycles. The number of aromatic nitrogens is 2. The average molecular weight is 306 g/mol. The molecule has 0 aliphatic heterocycles. The number of halogens is 1. The van der Waals surface area contributed by atoms with Crippen LogP contribution in [0.1, 0.15) is 34.2 Å². The van der Waals surface area contributed by atoms with Gasteiger partial charge in [-0.05, 0) is 26.3 Å². The van der Waals surface area contributed by atoms with Crippen molar-refractivity contribution in [2.24, 2.45) is 7.05 Å². The third kappa shape index (κ3) is 2.95. The molecule has 1 heterocycles. The molecule has 1 aromatic heterocycles. The third-order valence-electron chi connectivity index (χ3n) is 3.80. The molecule has 2 rings (SSSR count). The second-order valence-corrected chi connectivity index (χ2v) is 5.72. The minimum absolute atomic E-state index is 0.148. The Kier molecular flexibility index (Phi) is 4.37. The van der Waals surface area contributed by atoms with E-state index < -0.39 is 5.54 Å². The zero-order valence-corrected chi connectivity index (χ0v) is 13.5. The molecule has 5 heteroatoms. The maximum Gasteiger partial charge on any atom is 0.255 e. The lowest BCUT2D eigenvalue weighted by molar-refractivity contribution is 0.0912. The second-order valence-electron chi connectivity index (χ2n) is 5.46. The number of amides is 1. The second kappa shape index (κ2) is 5.90. The van der Waals surface area contributed by atoms with E-state index in [2.05, 4.69) is 10.4 Å². The van der Waals surface area contributed by atoms with Gasteiger partial charge in [0.05, 0.1) is 16.8 Å². The molecule has 0 fully saturated rings. The summed E-state index contributed by atoms with van der Waals surface area (Å²) < 4.78 is 1.71. The molecule has 21 heavy (non-hydrogen) atoms. The van der Waals surface area contributed by atoms with Gasteiger partial charge in [0.1, 0.15) is 0 Å². The van der Waals surface area contributed by atoms with E-state index >= 15 is 0 Å². The van der Waals surface area contributed by atoms with Gasteiger partial charge in [-0.3, -0.25) is 9.48 Å². The van der Waals surface area contributed by atoms with Crippen LogP contribution in [0.5, 0.6) is 0 Å². The molecule has 1 unspecified atom stereocenters. The predicted molar refractivity (Wildman–Crippen MR) is 84.7 cm³/mol. The summed E-state index contributed by atoms with van der Waals surface area (Å²) in [5.41, 5.74) is 2.54. The molecule has 112 valence electrons. The summed E-state index contributed by atoms with van der Waals surface area (Å²) in [6, 6.07) is 9.74. The van der Waals surface area contributed by atoms with E-state index in [1.165, 1.54) is 0 Å². The Labute approximate surface area is 130 Å². The molecule has 0 saturated heterocycles. The Morgan fingerprint density at radius 1 is 1.33 bits per heavy atom. The first-order valence-corrected chi connectivity index (χ1v) is 7.36. The number of hydrogen-bond donors (Lipinski definition) is 1. The van der Waals surface area contributed by atoms with Crippen molar-refractivity contribution in [1.29, 1.82) is 0 Å². The van der Waals surface area contributed by atoms with Crippen LogP contribution in [0, 0.1) is 13.8 Å². The van der Waals surface area contributed by atoms with Gasteiger partial charge in [-0.15, -0.1) is 11.6 Å². The van der Waals surface area contributed by atoms with Crippen molar-refractivity contribution >= 4 is 17.5 Å². The number of rotatable bonds is 4. The molecule has 1 atom stereocenters.